The van der Waals surface area contributed by atoms with Gasteiger partial charge in [0.05, 0.1) is 0 Å². The maximum Gasteiger partial charge on any atom is 0.127 e. The van der Waals surface area contributed by atoms with Gasteiger partial charge in [-0.05, 0) is 30.2 Å². The summed E-state index contributed by atoms with van der Waals surface area (Å²) in [5.41, 5.74) is 1.20. The largest absolute Gasteiger partial charge is 0.486 e. The first-order valence-electron chi connectivity index (χ1n) is 7.73. The summed E-state index contributed by atoms with van der Waals surface area (Å²) in [6.07, 6.45) is 2.00. The summed E-state index contributed by atoms with van der Waals surface area (Å²) in [5.74, 6) is 2.67. The Labute approximate surface area is 130 Å². The highest BCUT2D eigenvalue weighted by Crippen LogP contribution is 2.49. The van der Waals surface area contributed by atoms with E-state index < -0.39 is 0 Å². The highest BCUT2D eigenvalue weighted by molar-refractivity contribution is 7.99. The van der Waals surface area contributed by atoms with Crippen LogP contribution in [0.15, 0.2) is 18.2 Å². The minimum Gasteiger partial charge on any atom is -0.486 e. The molecule has 4 heteroatoms. The molecular weight excluding hydrogens is 285 g/mol. The fraction of sp³-hybridized carbons (Fsp3) is 0.647. The van der Waals surface area contributed by atoms with Gasteiger partial charge >= 0.3 is 0 Å². The molecule has 21 heavy (non-hydrogen) atoms. The highest BCUT2D eigenvalue weighted by atomic mass is 32.2. The van der Waals surface area contributed by atoms with Crippen molar-refractivity contribution in [2.75, 3.05) is 18.1 Å². The number of ether oxygens (including phenoxy) is 1. The van der Waals surface area contributed by atoms with Crippen LogP contribution in [0.4, 0.5) is 4.39 Å². The van der Waals surface area contributed by atoms with E-state index in [1.54, 1.807) is 6.07 Å². The fourth-order valence-corrected chi connectivity index (χ4v) is 5.16. The summed E-state index contributed by atoms with van der Waals surface area (Å²) in [5, 5.41) is 3.55. The van der Waals surface area contributed by atoms with Crippen molar-refractivity contribution in [2.45, 2.75) is 45.3 Å². The van der Waals surface area contributed by atoms with Gasteiger partial charge in [0.2, 0.25) is 0 Å². The molecule has 116 valence electrons. The van der Waals surface area contributed by atoms with Crippen LogP contribution < -0.4 is 10.1 Å². The van der Waals surface area contributed by atoms with E-state index in [4.69, 9.17) is 4.74 Å². The normalized spacial score (nSPS) is 30.8. The number of thioether (sulfide) groups is 1. The maximum atomic E-state index is 13.6. The van der Waals surface area contributed by atoms with Crippen LogP contribution in [-0.2, 0) is 0 Å². The first-order chi connectivity index (χ1) is 9.93. The summed E-state index contributed by atoms with van der Waals surface area (Å²) >= 11 is 1.96. The molecule has 0 bridgehead atoms. The molecule has 1 N–H and O–H groups in total. The second-order valence-corrected chi connectivity index (χ2v) is 8.10. The zero-order valence-electron chi connectivity index (χ0n) is 13.0. The monoisotopic (exact) mass is 309 g/mol. The minimum absolute atomic E-state index is 0.167. The number of halogens is 1. The lowest BCUT2D eigenvalue weighted by atomic mass is 9.76. The third-order valence-corrected chi connectivity index (χ3v) is 6.08. The summed E-state index contributed by atoms with van der Waals surface area (Å²) < 4.78 is 20.0. The van der Waals surface area contributed by atoms with Crippen LogP contribution in [0.1, 0.15) is 45.2 Å². The predicted octanol–water partition coefficient (Wildman–Crippen LogP) is 4.16. The molecule has 0 saturated carbocycles. The zero-order chi connectivity index (χ0) is 15.1. The molecule has 3 rings (SSSR count). The van der Waals surface area contributed by atoms with Crippen molar-refractivity contribution in [3.63, 3.8) is 0 Å². The molecule has 2 aliphatic heterocycles. The van der Waals surface area contributed by atoms with Crippen LogP contribution >= 0.6 is 11.8 Å². The Hall–Kier alpha value is -0.740. The topological polar surface area (TPSA) is 21.3 Å². The Bertz CT molecular complexity index is 534. The van der Waals surface area contributed by atoms with E-state index in [2.05, 4.69) is 26.1 Å². The summed E-state index contributed by atoms with van der Waals surface area (Å²) in [7, 11) is 0. The highest BCUT2D eigenvalue weighted by Gasteiger charge is 2.47. The van der Waals surface area contributed by atoms with E-state index in [0.717, 1.165) is 36.5 Å². The van der Waals surface area contributed by atoms with Crippen LogP contribution in [0.25, 0.3) is 0 Å². The lowest BCUT2D eigenvalue weighted by Gasteiger charge is -2.49. The molecule has 1 aromatic carbocycles. The molecule has 1 spiro atoms. The van der Waals surface area contributed by atoms with E-state index in [-0.39, 0.29) is 22.9 Å². The first-order valence-corrected chi connectivity index (χ1v) is 8.88. The first kappa shape index (κ1) is 15.2. The molecule has 0 aliphatic carbocycles. The van der Waals surface area contributed by atoms with Crippen LogP contribution in [0.3, 0.4) is 0 Å². The van der Waals surface area contributed by atoms with Crippen molar-refractivity contribution in [1.82, 2.24) is 5.32 Å². The minimum atomic E-state index is -0.219. The number of hydrogen-bond acceptors (Lipinski definition) is 3. The molecule has 0 aromatic heterocycles. The van der Waals surface area contributed by atoms with E-state index in [9.17, 15) is 4.39 Å². The summed E-state index contributed by atoms with van der Waals surface area (Å²) in [6.45, 7) is 7.63. The average Bonchev–Trinajstić information content (AvgIpc) is 2.36. The molecule has 2 aliphatic rings. The molecule has 2 unspecified atom stereocenters. The third kappa shape index (κ3) is 3.07. The number of nitrogens with one attached hydrogen (secondary N) is 1. The average molecular weight is 309 g/mol. The Morgan fingerprint density at radius 3 is 2.90 bits per heavy atom. The van der Waals surface area contributed by atoms with Gasteiger partial charge in [0.25, 0.3) is 0 Å². The van der Waals surface area contributed by atoms with Crippen LogP contribution in [0.2, 0.25) is 0 Å². The van der Waals surface area contributed by atoms with Gasteiger partial charge in [-0.25, -0.2) is 4.39 Å². The zero-order valence-corrected chi connectivity index (χ0v) is 13.9. The molecule has 1 saturated heterocycles. The van der Waals surface area contributed by atoms with E-state index in [1.165, 1.54) is 11.8 Å². The van der Waals surface area contributed by atoms with Crippen molar-refractivity contribution in [1.29, 1.82) is 0 Å². The van der Waals surface area contributed by atoms with Crippen molar-refractivity contribution in [3.8, 4) is 5.75 Å². The van der Waals surface area contributed by atoms with Crippen molar-refractivity contribution in [2.24, 2.45) is 5.41 Å². The number of rotatable bonds is 2. The van der Waals surface area contributed by atoms with Gasteiger partial charge in [-0.2, -0.15) is 11.8 Å². The van der Waals surface area contributed by atoms with Gasteiger partial charge in [-0.15, -0.1) is 0 Å². The van der Waals surface area contributed by atoms with Gasteiger partial charge in [0.1, 0.15) is 17.2 Å². The number of hydrogen-bond donors (Lipinski definition) is 1. The molecule has 2 nitrogen and oxygen atoms in total. The molecule has 1 aromatic rings. The summed E-state index contributed by atoms with van der Waals surface area (Å²) in [4.78, 5) is 0. The Morgan fingerprint density at radius 1 is 1.38 bits per heavy atom. The fourth-order valence-electron chi connectivity index (χ4n) is 3.75. The van der Waals surface area contributed by atoms with Gasteiger partial charge < -0.3 is 10.1 Å². The number of benzene rings is 1. The van der Waals surface area contributed by atoms with Crippen molar-refractivity contribution >= 4 is 11.8 Å². The predicted molar refractivity (Wildman–Crippen MR) is 86.5 cm³/mol. The maximum absolute atomic E-state index is 13.6. The van der Waals surface area contributed by atoms with E-state index in [0.29, 0.717) is 0 Å². The SMILES string of the molecule is CCNC1CC2(CSCC(C)(C)C2)Oc2cc(F)ccc21. The van der Waals surface area contributed by atoms with Crippen LogP contribution in [0, 0.1) is 11.2 Å². The van der Waals surface area contributed by atoms with Gasteiger partial charge in [0, 0.05) is 29.8 Å². The van der Waals surface area contributed by atoms with Crippen molar-refractivity contribution < 1.29 is 9.13 Å². The lowest BCUT2D eigenvalue weighted by molar-refractivity contribution is 0.0119. The van der Waals surface area contributed by atoms with Crippen molar-refractivity contribution in [3.05, 3.63) is 29.6 Å². The Balaban J connectivity index is 1.96. The van der Waals surface area contributed by atoms with E-state index >= 15 is 0 Å². The molecule has 2 heterocycles. The van der Waals surface area contributed by atoms with Gasteiger partial charge in [-0.1, -0.05) is 26.8 Å². The van der Waals surface area contributed by atoms with Gasteiger partial charge in [-0.3, -0.25) is 0 Å². The van der Waals surface area contributed by atoms with Crippen LogP contribution in [-0.4, -0.2) is 23.7 Å². The second kappa shape index (κ2) is 5.47. The quantitative estimate of drug-likeness (QED) is 0.886. The Kier molecular flexibility index (Phi) is 3.95. The molecule has 0 radical (unpaired) electrons. The smallest absolute Gasteiger partial charge is 0.127 e. The summed E-state index contributed by atoms with van der Waals surface area (Å²) in [6, 6.07) is 5.21. The molecule has 1 fully saturated rings. The number of fused-ring (bicyclic) bond motifs is 1. The molecular formula is C17H24FNOS. The molecule has 2 atom stereocenters. The third-order valence-electron chi connectivity index (χ3n) is 4.36. The van der Waals surface area contributed by atoms with Gasteiger partial charge in [0.15, 0.2) is 0 Å². The lowest BCUT2D eigenvalue weighted by Crippen LogP contribution is -2.51. The van der Waals surface area contributed by atoms with E-state index in [1.807, 2.05) is 17.8 Å². The Morgan fingerprint density at radius 2 is 2.19 bits per heavy atom. The second-order valence-electron chi connectivity index (χ2n) is 7.12. The van der Waals surface area contributed by atoms with Crippen LogP contribution in [0.5, 0.6) is 5.75 Å². The standard InChI is InChI=1S/C17H24FNOS/c1-4-19-14-8-17(9-16(2,3)10-21-11-17)20-15-7-12(18)5-6-13(14)15/h5-7,14,19H,4,8-11H2,1-3H3. The molecule has 0 amide bonds.